The number of carbonyl (C=O) groups is 2. The number of methoxy groups -OCH3 is 1. The molecule has 1 aliphatic heterocycles. The maximum atomic E-state index is 13.1. The molecule has 1 fully saturated rings. The van der Waals surface area contributed by atoms with E-state index in [2.05, 4.69) is 19.2 Å². The molecule has 5 nitrogen and oxygen atoms in total. The van der Waals surface area contributed by atoms with E-state index in [1.165, 1.54) is 0 Å². The Bertz CT molecular complexity index is 378. The van der Waals surface area contributed by atoms with Crippen LogP contribution in [0.15, 0.2) is 0 Å². The summed E-state index contributed by atoms with van der Waals surface area (Å²) in [6.07, 6.45) is 1.84. The summed E-state index contributed by atoms with van der Waals surface area (Å²) >= 11 is 0. The molecule has 0 saturated carbocycles. The first-order valence-corrected chi connectivity index (χ1v) is 8.02. The Labute approximate surface area is 128 Å². The van der Waals surface area contributed by atoms with E-state index >= 15 is 0 Å². The second kappa shape index (κ2) is 7.25. The highest BCUT2D eigenvalue weighted by atomic mass is 16.5. The molecule has 0 aromatic heterocycles. The summed E-state index contributed by atoms with van der Waals surface area (Å²) in [5, 5.41) is 2.97. The van der Waals surface area contributed by atoms with E-state index in [0.717, 1.165) is 0 Å². The Hall–Kier alpha value is -1.10. The van der Waals surface area contributed by atoms with Crippen LogP contribution in [0.25, 0.3) is 0 Å². The van der Waals surface area contributed by atoms with Gasteiger partial charge in [-0.2, -0.15) is 0 Å². The summed E-state index contributed by atoms with van der Waals surface area (Å²) in [5.74, 6) is 0.234. The van der Waals surface area contributed by atoms with E-state index in [-0.39, 0.29) is 23.8 Å². The number of nitrogens with one attached hydrogen (secondary N) is 1. The van der Waals surface area contributed by atoms with Crippen molar-refractivity contribution in [3.05, 3.63) is 0 Å². The molecular weight excluding hydrogens is 268 g/mol. The van der Waals surface area contributed by atoms with Crippen molar-refractivity contribution >= 4 is 11.8 Å². The first-order valence-electron chi connectivity index (χ1n) is 8.02. The number of ether oxygens (including phenoxy) is 1. The lowest BCUT2D eigenvalue weighted by Crippen LogP contribution is -2.72. The molecule has 122 valence electrons. The molecule has 0 aromatic carbocycles. The van der Waals surface area contributed by atoms with Gasteiger partial charge in [0.2, 0.25) is 11.8 Å². The minimum Gasteiger partial charge on any atom is -0.383 e. The van der Waals surface area contributed by atoms with Crippen LogP contribution in [0.1, 0.15) is 53.9 Å². The third kappa shape index (κ3) is 3.23. The zero-order valence-electron chi connectivity index (χ0n) is 14.2. The van der Waals surface area contributed by atoms with Gasteiger partial charge in [-0.15, -0.1) is 0 Å². The second-order valence-corrected chi connectivity index (χ2v) is 6.18. The minimum atomic E-state index is -0.760. The van der Waals surface area contributed by atoms with Gasteiger partial charge in [-0.3, -0.25) is 9.59 Å². The fourth-order valence-electron chi connectivity index (χ4n) is 3.15. The van der Waals surface area contributed by atoms with Gasteiger partial charge in [-0.25, -0.2) is 0 Å². The Morgan fingerprint density at radius 2 is 1.81 bits per heavy atom. The first kappa shape index (κ1) is 18.0. The monoisotopic (exact) mass is 298 g/mol. The molecule has 2 amide bonds. The van der Waals surface area contributed by atoms with Crippen molar-refractivity contribution < 1.29 is 14.3 Å². The van der Waals surface area contributed by atoms with Crippen LogP contribution in [-0.2, 0) is 14.3 Å². The van der Waals surface area contributed by atoms with Crippen molar-refractivity contribution in [3.63, 3.8) is 0 Å². The topological polar surface area (TPSA) is 58.6 Å². The number of amides is 2. The molecule has 1 aliphatic rings. The summed E-state index contributed by atoms with van der Waals surface area (Å²) in [5.41, 5.74) is -0.760. The van der Waals surface area contributed by atoms with E-state index in [1.807, 2.05) is 20.8 Å². The number of hydrogen-bond donors (Lipinski definition) is 1. The zero-order valence-corrected chi connectivity index (χ0v) is 14.2. The number of carbonyl (C=O) groups excluding carboxylic acids is 2. The average Bonchev–Trinajstić information content (AvgIpc) is 2.46. The largest absolute Gasteiger partial charge is 0.383 e. The van der Waals surface area contributed by atoms with Crippen LogP contribution in [0.2, 0.25) is 0 Å². The molecular formula is C16H30N2O3. The highest BCUT2D eigenvalue weighted by Gasteiger charge is 2.50. The molecule has 0 radical (unpaired) electrons. The standard InChI is InChI=1S/C16H30N2O3/c1-7-12-14(19)17-16(8-2,9-3)15(20)18(12)13(10-21-6)11(4)5/h11-13H,7-10H2,1-6H3,(H,17,19). The van der Waals surface area contributed by atoms with Crippen LogP contribution in [0.4, 0.5) is 0 Å². The molecule has 1 heterocycles. The molecule has 1 saturated heterocycles. The molecule has 0 bridgehead atoms. The fraction of sp³-hybridized carbons (Fsp3) is 0.875. The van der Waals surface area contributed by atoms with Crippen molar-refractivity contribution in [3.8, 4) is 0 Å². The van der Waals surface area contributed by atoms with Crippen LogP contribution >= 0.6 is 0 Å². The van der Waals surface area contributed by atoms with Gasteiger partial charge in [0.1, 0.15) is 11.6 Å². The summed E-state index contributed by atoms with van der Waals surface area (Å²) in [4.78, 5) is 27.4. The third-order valence-electron chi connectivity index (χ3n) is 4.70. The summed E-state index contributed by atoms with van der Waals surface area (Å²) in [6.45, 7) is 10.4. The lowest BCUT2D eigenvalue weighted by Gasteiger charge is -2.49. The van der Waals surface area contributed by atoms with Gasteiger partial charge in [0.15, 0.2) is 0 Å². The molecule has 0 spiro atoms. The summed E-state index contributed by atoms with van der Waals surface area (Å²) in [7, 11) is 1.64. The molecule has 0 aliphatic carbocycles. The molecule has 5 heteroatoms. The van der Waals surface area contributed by atoms with Crippen molar-refractivity contribution in [2.75, 3.05) is 13.7 Å². The quantitative estimate of drug-likeness (QED) is 0.781. The van der Waals surface area contributed by atoms with Gasteiger partial charge in [-0.1, -0.05) is 34.6 Å². The van der Waals surface area contributed by atoms with Gasteiger partial charge in [0.05, 0.1) is 12.6 Å². The van der Waals surface area contributed by atoms with Crippen LogP contribution in [0, 0.1) is 5.92 Å². The predicted octanol–water partition coefficient (Wildman–Crippen LogP) is 1.95. The predicted molar refractivity (Wildman–Crippen MR) is 82.9 cm³/mol. The second-order valence-electron chi connectivity index (χ2n) is 6.18. The number of nitrogens with zero attached hydrogens (tertiary/aromatic N) is 1. The number of piperazine rings is 1. The highest BCUT2D eigenvalue weighted by Crippen LogP contribution is 2.29. The fourth-order valence-corrected chi connectivity index (χ4v) is 3.15. The summed E-state index contributed by atoms with van der Waals surface area (Å²) < 4.78 is 5.30. The highest BCUT2D eigenvalue weighted by molar-refractivity contribution is 6.00. The van der Waals surface area contributed by atoms with Crippen molar-refractivity contribution in [2.24, 2.45) is 5.92 Å². The lowest BCUT2D eigenvalue weighted by molar-refractivity contribution is -0.161. The Morgan fingerprint density at radius 1 is 1.24 bits per heavy atom. The van der Waals surface area contributed by atoms with Gasteiger partial charge in [0, 0.05) is 7.11 Å². The molecule has 21 heavy (non-hydrogen) atoms. The Balaban J connectivity index is 3.25. The van der Waals surface area contributed by atoms with Crippen molar-refractivity contribution in [1.29, 1.82) is 0 Å². The average molecular weight is 298 g/mol. The Morgan fingerprint density at radius 3 is 2.19 bits per heavy atom. The van der Waals surface area contributed by atoms with Crippen LogP contribution in [0.5, 0.6) is 0 Å². The van der Waals surface area contributed by atoms with Crippen molar-refractivity contribution in [1.82, 2.24) is 10.2 Å². The lowest BCUT2D eigenvalue weighted by atomic mass is 9.84. The summed E-state index contributed by atoms with van der Waals surface area (Å²) in [6, 6.07) is -0.470. The van der Waals surface area contributed by atoms with E-state index in [0.29, 0.717) is 25.9 Å². The van der Waals surface area contributed by atoms with Gasteiger partial charge in [0.25, 0.3) is 0 Å². The minimum absolute atomic E-state index is 0.0368. The zero-order chi connectivity index (χ0) is 16.2. The van der Waals surface area contributed by atoms with Gasteiger partial charge < -0.3 is 15.0 Å². The molecule has 0 aromatic rings. The van der Waals surface area contributed by atoms with Crippen LogP contribution in [0.3, 0.4) is 0 Å². The van der Waals surface area contributed by atoms with Gasteiger partial charge >= 0.3 is 0 Å². The van der Waals surface area contributed by atoms with E-state index in [4.69, 9.17) is 4.74 Å². The van der Waals surface area contributed by atoms with E-state index in [1.54, 1.807) is 12.0 Å². The maximum absolute atomic E-state index is 13.1. The number of rotatable bonds is 7. The third-order valence-corrected chi connectivity index (χ3v) is 4.70. The van der Waals surface area contributed by atoms with E-state index in [9.17, 15) is 9.59 Å². The van der Waals surface area contributed by atoms with Gasteiger partial charge in [-0.05, 0) is 25.2 Å². The Kier molecular flexibility index (Phi) is 6.20. The molecule has 1 N–H and O–H groups in total. The van der Waals surface area contributed by atoms with Crippen molar-refractivity contribution in [2.45, 2.75) is 71.5 Å². The molecule has 2 atom stereocenters. The normalized spacial score (nSPS) is 23.4. The van der Waals surface area contributed by atoms with Crippen LogP contribution < -0.4 is 5.32 Å². The number of hydrogen-bond acceptors (Lipinski definition) is 3. The molecule has 1 rings (SSSR count). The smallest absolute Gasteiger partial charge is 0.249 e. The SMILES string of the molecule is CCC1C(=O)NC(CC)(CC)C(=O)N1C(COC)C(C)C. The first-order chi connectivity index (χ1) is 9.88. The van der Waals surface area contributed by atoms with Crippen LogP contribution in [-0.4, -0.2) is 48.1 Å². The maximum Gasteiger partial charge on any atom is 0.249 e. The molecule has 2 unspecified atom stereocenters. The van der Waals surface area contributed by atoms with E-state index < -0.39 is 11.6 Å².